The Bertz CT molecular complexity index is 938. The van der Waals surface area contributed by atoms with Crippen molar-refractivity contribution in [3.63, 3.8) is 0 Å². The summed E-state index contributed by atoms with van der Waals surface area (Å²) < 4.78 is 5.59. The van der Waals surface area contributed by atoms with Gasteiger partial charge in [-0.2, -0.15) is 0 Å². The number of benzene rings is 2. The summed E-state index contributed by atoms with van der Waals surface area (Å²) in [5.41, 5.74) is 2.49. The quantitative estimate of drug-likeness (QED) is 0.704. The van der Waals surface area contributed by atoms with Crippen LogP contribution >= 0.6 is 0 Å². The van der Waals surface area contributed by atoms with Crippen LogP contribution in [0.4, 0.5) is 11.4 Å². The first-order valence-corrected chi connectivity index (χ1v) is 10.3. The van der Waals surface area contributed by atoms with Crippen LogP contribution in [0.5, 0.6) is 5.75 Å². The molecule has 1 aliphatic carbocycles. The first kappa shape index (κ1) is 19.9. The fourth-order valence-corrected chi connectivity index (χ4v) is 3.36. The van der Waals surface area contributed by atoms with E-state index in [2.05, 4.69) is 10.6 Å². The Labute approximate surface area is 175 Å². The number of nitrogens with one attached hydrogen (secondary N) is 2. The molecule has 30 heavy (non-hydrogen) atoms. The second-order valence-corrected chi connectivity index (χ2v) is 7.67. The van der Waals surface area contributed by atoms with Gasteiger partial charge in [0.05, 0.1) is 0 Å². The van der Waals surface area contributed by atoms with Crippen molar-refractivity contribution in [2.75, 3.05) is 23.4 Å². The molecular weight excluding hydrogens is 382 g/mol. The molecule has 0 aromatic heterocycles. The van der Waals surface area contributed by atoms with Gasteiger partial charge in [0.1, 0.15) is 5.75 Å². The van der Waals surface area contributed by atoms with Gasteiger partial charge in [-0.05, 0) is 49.1 Å². The van der Waals surface area contributed by atoms with Gasteiger partial charge in [-0.3, -0.25) is 14.4 Å². The molecule has 156 valence electrons. The summed E-state index contributed by atoms with van der Waals surface area (Å²) in [5, 5.41) is 5.71. The van der Waals surface area contributed by atoms with Crippen LogP contribution in [0.25, 0.3) is 0 Å². The molecule has 2 fully saturated rings. The molecule has 2 aliphatic rings. The van der Waals surface area contributed by atoms with E-state index in [-0.39, 0.29) is 30.2 Å². The van der Waals surface area contributed by atoms with E-state index in [4.69, 9.17) is 4.74 Å². The summed E-state index contributed by atoms with van der Waals surface area (Å²) in [6.07, 6.45) is 3.37. The molecule has 0 radical (unpaired) electrons. The highest BCUT2D eigenvalue weighted by Crippen LogP contribution is 2.30. The van der Waals surface area contributed by atoms with E-state index in [1.165, 1.54) is 0 Å². The topological polar surface area (TPSA) is 87.7 Å². The summed E-state index contributed by atoms with van der Waals surface area (Å²) in [5.74, 6) is 0.678. The molecule has 0 spiro atoms. The molecule has 1 heterocycles. The van der Waals surface area contributed by atoms with Crippen molar-refractivity contribution in [3.05, 3.63) is 54.1 Å². The van der Waals surface area contributed by atoms with Gasteiger partial charge in [-0.25, -0.2) is 0 Å². The third kappa shape index (κ3) is 5.17. The molecule has 0 bridgehead atoms. The predicted molar refractivity (Wildman–Crippen MR) is 113 cm³/mol. The van der Waals surface area contributed by atoms with Crippen LogP contribution in [0.3, 0.4) is 0 Å². The molecule has 7 nitrogen and oxygen atoms in total. The fourth-order valence-electron chi connectivity index (χ4n) is 3.36. The number of hydrogen-bond acceptors (Lipinski definition) is 4. The standard InChI is InChI=1S/C23H25N3O4/c27-21(15-30-20-4-1-3-19(13-20)26-12-2-5-22(26)28)24-14-16-6-10-18(11-7-16)25-23(29)17-8-9-17/h1,3-4,6-7,10-11,13,17H,2,5,8-9,12,14-15H2,(H,24,27)(H,25,29). The van der Waals surface area contributed by atoms with Crippen LogP contribution in [0.1, 0.15) is 31.2 Å². The Balaban J connectivity index is 1.22. The molecule has 1 aliphatic heterocycles. The summed E-state index contributed by atoms with van der Waals surface area (Å²) in [7, 11) is 0. The highest BCUT2D eigenvalue weighted by molar-refractivity contribution is 5.95. The van der Waals surface area contributed by atoms with Crippen molar-refractivity contribution in [1.82, 2.24) is 5.32 Å². The summed E-state index contributed by atoms with van der Waals surface area (Å²) >= 11 is 0. The molecule has 0 atom stereocenters. The molecule has 3 amide bonds. The monoisotopic (exact) mass is 407 g/mol. The van der Waals surface area contributed by atoms with Crippen molar-refractivity contribution in [3.8, 4) is 5.75 Å². The minimum absolute atomic E-state index is 0.0753. The molecule has 4 rings (SSSR count). The second-order valence-electron chi connectivity index (χ2n) is 7.67. The maximum Gasteiger partial charge on any atom is 0.258 e. The van der Waals surface area contributed by atoms with E-state index in [1.54, 1.807) is 17.0 Å². The summed E-state index contributed by atoms with van der Waals surface area (Å²) in [6, 6.07) is 14.7. The fraction of sp³-hybridized carbons (Fsp3) is 0.348. The Kier molecular flexibility index (Phi) is 5.97. The van der Waals surface area contributed by atoms with Crippen molar-refractivity contribution in [2.24, 2.45) is 5.92 Å². The van der Waals surface area contributed by atoms with Crippen LogP contribution in [0.2, 0.25) is 0 Å². The zero-order valence-corrected chi connectivity index (χ0v) is 16.7. The van der Waals surface area contributed by atoms with E-state index in [1.807, 2.05) is 36.4 Å². The average Bonchev–Trinajstić information content (AvgIpc) is 3.53. The van der Waals surface area contributed by atoms with Gasteiger partial charge in [-0.15, -0.1) is 0 Å². The number of hydrogen-bond donors (Lipinski definition) is 2. The minimum Gasteiger partial charge on any atom is -0.484 e. The Morgan fingerprint density at radius 3 is 2.60 bits per heavy atom. The number of carbonyl (C=O) groups excluding carboxylic acids is 3. The molecule has 2 aromatic carbocycles. The normalized spacial score (nSPS) is 15.7. The van der Waals surface area contributed by atoms with Gasteiger partial charge < -0.3 is 20.3 Å². The zero-order chi connectivity index (χ0) is 20.9. The molecule has 2 aromatic rings. The molecular formula is C23H25N3O4. The molecule has 7 heteroatoms. The molecule has 0 unspecified atom stereocenters. The van der Waals surface area contributed by atoms with Gasteiger partial charge in [0.15, 0.2) is 6.61 Å². The zero-order valence-electron chi connectivity index (χ0n) is 16.7. The van der Waals surface area contributed by atoms with Crippen molar-refractivity contribution < 1.29 is 19.1 Å². The van der Waals surface area contributed by atoms with Gasteiger partial charge >= 0.3 is 0 Å². The predicted octanol–water partition coefficient (Wildman–Crippen LogP) is 2.86. The average molecular weight is 407 g/mol. The van der Waals surface area contributed by atoms with Gasteiger partial charge in [0, 0.05) is 42.9 Å². The number of amides is 3. The van der Waals surface area contributed by atoms with Crippen LogP contribution in [0, 0.1) is 5.92 Å². The van der Waals surface area contributed by atoms with E-state index in [0.717, 1.165) is 36.2 Å². The first-order chi connectivity index (χ1) is 14.6. The van der Waals surface area contributed by atoms with Gasteiger partial charge in [-0.1, -0.05) is 18.2 Å². The SMILES string of the molecule is O=C(COc1cccc(N2CCCC2=O)c1)NCc1ccc(NC(=O)C2CC2)cc1. The van der Waals surface area contributed by atoms with Crippen LogP contribution in [-0.4, -0.2) is 30.9 Å². The number of rotatable bonds is 8. The van der Waals surface area contributed by atoms with Crippen molar-refractivity contribution >= 4 is 29.1 Å². The van der Waals surface area contributed by atoms with Crippen LogP contribution in [-0.2, 0) is 20.9 Å². The third-order valence-corrected chi connectivity index (χ3v) is 5.23. The number of ether oxygens (including phenoxy) is 1. The smallest absolute Gasteiger partial charge is 0.258 e. The number of carbonyl (C=O) groups is 3. The van der Waals surface area contributed by atoms with E-state index in [9.17, 15) is 14.4 Å². The number of nitrogens with zero attached hydrogens (tertiary/aromatic N) is 1. The second kappa shape index (κ2) is 8.98. The Morgan fingerprint density at radius 2 is 1.90 bits per heavy atom. The maximum absolute atomic E-state index is 12.1. The van der Waals surface area contributed by atoms with Crippen molar-refractivity contribution in [1.29, 1.82) is 0 Å². The Morgan fingerprint density at radius 1 is 1.10 bits per heavy atom. The highest BCUT2D eigenvalue weighted by atomic mass is 16.5. The van der Waals surface area contributed by atoms with E-state index >= 15 is 0 Å². The lowest BCUT2D eigenvalue weighted by Gasteiger charge is -2.16. The summed E-state index contributed by atoms with van der Waals surface area (Å²) in [6.45, 7) is 0.986. The summed E-state index contributed by atoms with van der Waals surface area (Å²) in [4.78, 5) is 37.5. The van der Waals surface area contributed by atoms with Crippen LogP contribution < -0.4 is 20.3 Å². The molecule has 2 N–H and O–H groups in total. The van der Waals surface area contributed by atoms with Gasteiger partial charge in [0.25, 0.3) is 5.91 Å². The lowest BCUT2D eigenvalue weighted by Crippen LogP contribution is -2.28. The van der Waals surface area contributed by atoms with E-state index < -0.39 is 0 Å². The molecule has 1 saturated heterocycles. The molecule has 1 saturated carbocycles. The lowest BCUT2D eigenvalue weighted by atomic mass is 10.2. The maximum atomic E-state index is 12.1. The van der Waals surface area contributed by atoms with E-state index in [0.29, 0.717) is 25.3 Å². The minimum atomic E-state index is -0.233. The van der Waals surface area contributed by atoms with Crippen molar-refractivity contribution in [2.45, 2.75) is 32.2 Å². The van der Waals surface area contributed by atoms with Crippen LogP contribution in [0.15, 0.2) is 48.5 Å². The third-order valence-electron chi connectivity index (χ3n) is 5.23. The highest BCUT2D eigenvalue weighted by Gasteiger charge is 2.29. The number of anilines is 2. The Hall–Kier alpha value is -3.35. The first-order valence-electron chi connectivity index (χ1n) is 10.3. The largest absolute Gasteiger partial charge is 0.484 e. The lowest BCUT2D eigenvalue weighted by molar-refractivity contribution is -0.123. The van der Waals surface area contributed by atoms with Gasteiger partial charge in [0.2, 0.25) is 11.8 Å².